The van der Waals surface area contributed by atoms with Crippen LogP contribution in [0.5, 0.6) is 17.2 Å². The van der Waals surface area contributed by atoms with Gasteiger partial charge in [0.1, 0.15) is 22.6 Å². The van der Waals surface area contributed by atoms with Crippen molar-refractivity contribution in [2.45, 2.75) is 13.3 Å². The lowest BCUT2D eigenvalue weighted by Gasteiger charge is -2.16. The first-order valence-electron chi connectivity index (χ1n) is 9.44. The third kappa shape index (κ3) is 4.39. The summed E-state index contributed by atoms with van der Waals surface area (Å²) in [6, 6.07) is 10.6. The molecule has 0 fully saturated rings. The summed E-state index contributed by atoms with van der Waals surface area (Å²) in [4.78, 5) is 29.2. The summed E-state index contributed by atoms with van der Waals surface area (Å²) < 4.78 is 16.2. The van der Waals surface area contributed by atoms with E-state index in [2.05, 4.69) is 10.3 Å². The fourth-order valence-electron chi connectivity index (χ4n) is 3.23. The monoisotopic (exact) mass is 396 g/mol. The van der Waals surface area contributed by atoms with Crippen molar-refractivity contribution in [3.05, 3.63) is 52.5 Å². The quantitative estimate of drug-likeness (QED) is 0.731. The largest absolute Gasteiger partial charge is 0.496 e. The van der Waals surface area contributed by atoms with Crippen LogP contribution in [0, 0.1) is 5.92 Å². The molecule has 152 valence electrons. The van der Waals surface area contributed by atoms with E-state index < -0.39 is 5.92 Å². The van der Waals surface area contributed by atoms with E-state index in [4.69, 9.17) is 14.2 Å². The third-order valence-electron chi connectivity index (χ3n) is 4.66. The second-order valence-corrected chi connectivity index (χ2v) is 6.43. The predicted molar refractivity (Wildman–Crippen MR) is 108 cm³/mol. The molecule has 1 aliphatic rings. The van der Waals surface area contributed by atoms with Crippen molar-refractivity contribution < 1.29 is 23.8 Å². The number of amides is 2. The summed E-state index contributed by atoms with van der Waals surface area (Å²) in [5.41, 5.74) is 0.467. The van der Waals surface area contributed by atoms with Gasteiger partial charge in [0.2, 0.25) is 0 Å². The molecule has 0 saturated carbocycles. The van der Waals surface area contributed by atoms with Gasteiger partial charge in [0.25, 0.3) is 11.8 Å². The molecule has 2 amide bonds. The van der Waals surface area contributed by atoms with E-state index >= 15 is 0 Å². The van der Waals surface area contributed by atoms with Gasteiger partial charge >= 0.3 is 0 Å². The summed E-state index contributed by atoms with van der Waals surface area (Å²) in [5.74, 6) is 0.711. The molecule has 0 aliphatic carbocycles. The van der Waals surface area contributed by atoms with Crippen LogP contribution in [0.4, 0.5) is 0 Å². The number of benzene rings is 2. The number of rotatable bonds is 8. The van der Waals surface area contributed by atoms with Gasteiger partial charge in [-0.2, -0.15) is 0 Å². The van der Waals surface area contributed by atoms with Crippen LogP contribution in [0.25, 0.3) is 6.08 Å². The van der Waals surface area contributed by atoms with Crippen molar-refractivity contribution in [1.82, 2.24) is 5.32 Å². The molecule has 2 aromatic rings. The molecule has 0 spiro atoms. The first kappa shape index (κ1) is 20.4. The number of hydrogen-bond donors (Lipinski definition) is 1. The summed E-state index contributed by atoms with van der Waals surface area (Å²) >= 11 is 0. The Morgan fingerprint density at radius 3 is 2.52 bits per heavy atom. The Bertz CT molecular complexity index is 1030. The first-order valence-corrected chi connectivity index (χ1v) is 9.44. The zero-order valence-electron chi connectivity index (χ0n) is 16.7. The topological polar surface area (TPSA) is 86.2 Å². The molecule has 1 N–H and O–H groups in total. The Balaban J connectivity index is 1.73. The van der Waals surface area contributed by atoms with Gasteiger partial charge in [0.05, 0.1) is 32.3 Å². The molecule has 7 nitrogen and oxygen atoms in total. The van der Waals surface area contributed by atoms with Gasteiger partial charge in [-0.25, -0.2) is 4.99 Å². The molecule has 1 atom stereocenters. The number of fused-ring (bicyclic) bond motifs is 1. The zero-order valence-corrected chi connectivity index (χ0v) is 16.7. The van der Waals surface area contributed by atoms with Gasteiger partial charge in [-0.05, 0) is 37.6 Å². The Labute approximate surface area is 169 Å². The van der Waals surface area contributed by atoms with Crippen LogP contribution in [0.2, 0.25) is 0 Å². The molecular weight excluding hydrogens is 372 g/mol. The maximum absolute atomic E-state index is 12.5. The van der Waals surface area contributed by atoms with Gasteiger partial charge in [0.15, 0.2) is 0 Å². The smallest absolute Gasteiger partial charge is 0.255 e. The lowest BCUT2D eigenvalue weighted by molar-refractivity contribution is -0.120. The van der Waals surface area contributed by atoms with E-state index in [-0.39, 0.29) is 11.8 Å². The highest BCUT2D eigenvalue weighted by Crippen LogP contribution is 2.18. The maximum atomic E-state index is 12.5. The highest BCUT2D eigenvalue weighted by molar-refractivity contribution is 5.97. The number of ether oxygens (including phenoxy) is 3. The molecule has 1 unspecified atom stereocenters. The average Bonchev–Trinajstić information content (AvgIpc) is 2.74. The van der Waals surface area contributed by atoms with Crippen LogP contribution in [-0.4, -0.2) is 39.2 Å². The van der Waals surface area contributed by atoms with Crippen LogP contribution in [0.15, 0.2) is 41.4 Å². The van der Waals surface area contributed by atoms with Gasteiger partial charge < -0.3 is 19.5 Å². The fraction of sp³-hybridized carbons (Fsp3) is 0.318. The van der Waals surface area contributed by atoms with Crippen molar-refractivity contribution in [3.8, 4) is 17.2 Å². The lowest BCUT2D eigenvalue weighted by atomic mass is 9.99. The van der Waals surface area contributed by atoms with E-state index in [0.29, 0.717) is 47.7 Å². The molecule has 0 aromatic heterocycles. The van der Waals surface area contributed by atoms with Gasteiger partial charge in [-0.1, -0.05) is 18.2 Å². The van der Waals surface area contributed by atoms with E-state index in [1.807, 2.05) is 19.1 Å². The second-order valence-electron chi connectivity index (χ2n) is 6.43. The minimum absolute atomic E-state index is 0.242. The molecule has 3 rings (SSSR count). The Hall–Kier alpha value is -3.35. The lowest BCUT2D eigenvalue weighted by Crippen LogP contribution is -2.37. The summed E-state index contributed by atoms with van der Waals surface area (Å²) in [6.07, 6.45) is 2.25. The van der Waals surface area contributed by atoms with Crippen molar-refractivity contribution >= 4 is 17.9 Å². The molecule has 1 heterocycles. The molecule has 1 aliphatic heterocycles. The minimum Gasteiger partial charge on any atom is -0.496 e. The molecule has 0 radical (unpaired) electrons. The summed E-state index contributed by atoms with van der Waals surface area (Å²) in [6.45, 7) is 2.66. The predicted octanol–water partition coefficient (Wildman–Crippen LogP) is 1.48. The molecule has 0 saturated heterocycles. The molecule has 29 heavy (non-hydrogen) atoms. The number of hydrogen-bond acceptors (Lipinski definition) is 5. The van der Waals surface area contributed by atoms with E-state index in [9.17, 15) is 9.59 Å². The van der Waals surface area contributed by atoms with Crippen molar-refractivity contribution in [1.29, 1.82) is 0 Å². The van der Waals surface area contributed by atoms with Crippen molar-refractivity contribution in [3.63, 3.8) is 0 Å². The Kier molecular flexibility index (Phi) is 6.49. The summed E-state index contributed by atoms with van der Waals surface area (Å²) in [5, 5.41) is 4.05. The normalized spacial score (nSPS) is 14.9. The Morgan fingerprint density at radius 2 is 1.79 bits per heavy atom. The number of carbonyl (C=O) groups excluding carboxylic acids is 2. The van der Waals surface area contributed by atoms with Crippen molar-refractivity contribution in [2.24, 2.45) is 10.9 Å². The fourth-order valence-corrected chi connectivity index (χ4v) is 3.23. The number of carbonyl (C=O) groups is 2. The number of nitrogens with zero attached hydrogens (tertiary/aromatic N) is 1. The van der Waals surface area contributed by atoms with Gasteiger partial charge in [-0.3, -0.25) is 9.59 Å². The Morgan fingerprint density at radius 1 is 1.07 bits per heavy atom. The van der Waals surface area contributed by atoms with Gasteiger partial charge in [0, 0.05) is 11.8 Å². The van der Waals surface area contributed by atoms with E-state index in [1.54, 1.807) is 37.4 Å². The average molecular weight is 396 g/mol. The van der Waals surface area contributed by atoms with E-state index in [0.717, 1.165) is 5.22 Å². The number of methoxy groups -OCH3 is 2. The van der Waals surface area contributed by atoms with E-state index in [1.165, 1.54) is 7.11 Å². The minimum atomic E-state index is -0.453. The molecule has 0 bridgehead atoms. The van der Waals surface area contributed by atoms with Crippen LogP contribution < -0.4 is 30.1 Å². The number of nitrogens with one attached hydrogen (secondary N) is 1. The maximum Gasteiger partial charge on any atom is 0.255 e. The zero-order chi connectivity index (χ0) is 20.8. The highest BCUT2D eigenvalue weighted by Gasteiger charge is 2.22. The van der Waals surface area contributed by atoms with Crippen LogP contribution in [0.3, 0.4) is 0 Å². The van der Waals surface area contributed by atoms with Crippen LogP contribution in [0.1, 0.15) is 23.7 Å². The van der Waals surface area contributed by atoms with Gasteiger partial charge in [-0.15, -0.1) is 0 Å². The summed E-state index contributed by atoms with van der Waals surface area (Å²) in [7, 11) is 3.10. The standard InChI is InChI=1S/C22H24N2O5/c1-4-29-18-8-6-5-7-15(18)22(26)23-12-11-14-13-16-17(27-2)9-10-19(28-3)20(16)24-21(14)25/h5-10,13-14H,4,11-12H2,1-3H3,(H,23,26). The molecular formula is C22H24N2O5. The second kappa shape index (κ2) is 9.23. The highest BCUT2D eigenvalue weighted by atomic mass is 16.5. The molecule has 7 heteroatoms. The molecule has 2 aromatic carbocycles. The third-order valence-corrected chi connectivity index (χ3v) is 4.66. The van der Waals surface area contributed by atoms with Crippen molar-refractivity contribution in [2.75, 3.05) is 27.4 Å². The number of para-hydroxylation sites is 1. The SMILES string of the molecule is CCOc1ccccc1C(=O)NCCC1C=c2c(OC)ccc(OC)c2=NC1=O. The van der Waals surface area contributed by atoms with Crippen LogP contribution >= 0.6 is 0 Å². The van der Waals surface area contributed by atoms with Crippen LogP contribution in [-0.2, 0) is 4.79 Å². The first-order chi connectivity index (χ1) is 14.1.